The number of likely N-dealkylation sites (tertiary alicyclic amines) is 1. The molecule has 1 saturated heterocycles. The highest BCUT2D eigenvalue weighted by Gasteiger charge is 2.24. The molecule has 1 aliphatic rings. The molecule has 1 N–H and O–H groups in total. The number of carbonyl (C=O) groups is 1. The van der Waals surface area contributed by atoms with Gasteiger partial charge in [-0.15, -0.1) is 0 Å². The molecule has 0 unspecified atom stereocenters. The summed E-state index contributed by atoms with van der Waals surface area (Å²) in [6.45, 7) is 4.90. The van der Waals surface area contributed by atoms with Gasteiger partial charge in [-0.05, 0) is 25.8 Å². The number of nitrogens with one attached hydrogen (secondary N) is 1. The Balaban J connectivity index is 1.84. The Labute approximate surface area is 108 Å². The fraction of sp³-hybridized carbons (Fsp3) is 0.692. The van der Waals surface area contributed by atoms with Crippen molar-refractivity contribution < 1.29 is 4.79 Å². The molecule has 0 aromatic carbocycles. The maximum Gasteiger partial charge on any atom is 0.274 e. The molecule has 5 nitrogen and oxygen atoms in total. The molecule has 1 aromatic rings. The van der Waals surface area contributed by atoms with E-state index in [1.807, 2.05) is 16.5 Å². The second-order valence-electron chi connectivity index (χ2n) is 4.94. The van der Waals surface area contributed by atoms with E-state index in [1.165, 1.54) is 0 Å². The summed E-state index contributed by atoms with van der Waals surface area (Å²) in [4.78, 5) is 18.2. The summed E-state index contributed by atoms with van der Waals surface area (Å²) in [6.07, 6.45) is 6.69. The predicted octanol–water partition coefficient (Wildman–Crippen LogP) is 1.02. The van der Waals surface area contributed by atoms with E-state index < -0.39 is 0 Å². The van der Waals surface area contributed by atoms with Gasteiger partial charge >= 0.3 is 0 Å². The van der Waals surface area contributed by atoms with Crippen LogP contribution in [0.3, 0.4) is 0 Å². The van der Waals surface area contributed by atoms with Crippen LogP contribution in [0.4, 0.5) is 0 Å². The maximum atomic E-state index is 12.2. The number of aryl methyl sites for hydroxylation is 1. The second kappa shape index (κ2) is 6.00. The van der Waals surface area contributed by atoms with Crippen LogP contribution < -0.4 is 5.32 Å². The minimum absolute atomic E-state index is 0.0598. The zero-order valence-corrected chi connectivity index (χ0v) is 11.2. The summed E-state index contributed by atoms with van der Waals surface area (Å²) >= 11 is 0. The largest absolute Gasteiger partial charge is 0.340 e. The van der Waals surface area contributed by atoms with Crippen molar-refractivity contribution in [3.8, 4) is 0 Å². The molecule has 1 aromatic heterocycles. The van der Waals surface area contributed by atoms with Crippen LogP contribution in [-0.4, -0.2) is 46.0 Å². The van der Waals surface area contributed by atoms with E-state index in [0.717, 1.165) is 38.9 Å². The van der Waals surface area contributed by atoms with E-state index in [0.29, 0.717) is 11.7 Å². The smallest absolute Gasteiger partial charge is 0.274 e. The first-order valence-corrected chi connectivity index (χ1v) is 6.71. The zero-order chi connectivity index (χ0) is 13.0. The zero-order valence-electron chi connectivity index (χ0n) is 11.2. The first-order valence-electron chi connectivity index (χ1n) is 6.71. The lowest BCUT2D eigenvalue weighted by Gasteiger charge is -2.32. The van der Waals surface area contributed by atoms with Gasteiger partial charge in [-0.1, -0.05) is 6.92 Å². The van der Waals surface area contributed by atoms with E-state index >= 15 is 0 Å². The van der Waals surface area contributed by atoms with Crippen LogP contribution in [0.5, 0.6) is 0 Å². The van der Waals surface area contributed by atoms with Gasteiger partial charge in [-0.2, -0.15) is 0 Å². The number of amides is 1. The van der Waals surface area contributed by atoms with Gasteiger partial charge in [0.1, 0.15) is 5.69 Å². The second-order valence-corrected chi connectivity index (χ2v) is 4.94. The van der Waals surface area contributed by atoms with Crippen LogP contribution in [0.25, 0.3) is 0 Å². The normalized spacial score (nSPS) is 17.1. The molecule has 5 heteroatoms. The monoisotopic (exact) mass is 250 g/mol. The molecule has 1 amide bonds. The lowest BCUT2D eigenvalue weighted by atomic mass is 10.0. The molecule has 18 heavy (non-hydrogen) atoms. The van der Waals surface area contributed by atoms with Gasteiger partial charge in [-0.25, -0.2) is 4.98 Å². The van der Waals surface area contributed by atoms with Crippen LogP contribution in [0.15, 0.2) is 12.5 Å². The predicted molar refractivity (Wildman–Crippen MR) is 70.4 cm³/mol. The number of hydrogen-bond acceptors (Lipinski definition) is 3. The molecule has 0 spiro atoms. The number of nitrogens with zero attached hydrogens (tertiary/aromatic N) is 3. The topological polar surface area (TPSA) is 50.2 Å². The summed E-state index contributed by atoms with van der Waals surface area (Å²) in [5.74, 6) is 0.0598. The number of piperidine rings is 1. The average Bonchev–Trinajstić information content (AvgIpc) is 2.83. The Kier molecular flexibility index (Phi) is 4.36. The summed E-state index contributed by atoms with van der Waals surface area (Å²) in [5, 5.41) is 3.52. The van der Waals surface area contributed by atoms with E-state index in [1.54, 1.807) is 12.5 Å². The van der Waals surface area contributed by atoms with Crippen molar-refractivity contribution in [3.63, 3.8) is 0 Å². The summed E-state index contributed by atoms with van der Waals surface area (Å²) in [6, 6.07) is 0.567. The van der Waals surface area contributed by atoms with Gasteiger partial charge in [0.05, 0.1) is 6.33 Å². The van der Waals surface area contributed by atoms with Crippen LogP contribution in [0.2, 0.25) is 0 Å². The fourth-order valence-electron chi connectivity index (χ4n) is 2.32. The van der Waals surface area contributed by atoms with Gasteiger partial charge in [0.15, 0.2) is 0 Å². The number of rotatable bonds is 4. The third-order valence-electron chi connectivity index (χ3n) is 3.39. The molecule has 0 bridgehead atoms. The third kappa shape index (κ3) is 3.10. The van der Waals surface area contributed by atoms with Crippen molar-refractivity contribution in [1.29, 1.82) is 0 Å². The molecule has 1 fully saturated rings. The molecule has 100 valence electrons. The van der Waals surface area contributed by atoms with Crippen molar-refractivity contribution in [1.82, 2.24) is 19.8 Å². The molecule has 0 saturated carbocycles. The third-order valence-corrected chi connectivity index (χ3v) is 3.39. The van der Waals surface area contributed by atoms with Crippen LogP contribution in [-0.2, 0) is 7.05 Å². The lowest BCUT2D eigenvalue weighted by Crippen LogP contribution is -2.45. The summed E-state index contributed by atoms with van der Waals surface area (Å²) < 4.78 is 1.81. The minimum atomic E-state index is 0.0598. The number of hydrogen-bond donors (Lipinski definition) is 1. The first kappa shape index (κ1) is 13.1. The molecule has 2 heterocycles. The molecule has 0 atom stereocenters. The average molecular weight is 250 g/mol. The lowest BCUT2D eigenvalue weighted by molar-refractivity contribution is 0.0700. The minimum Gasteiger partial charge on any atom is -0.340 e. The van der Waals surface area contributed by atoms with Crippen LogP contribution in [0, 0.1) is 0 Å². The van der Waals surface area contributed by atoms with Gasteiger partial charge in [0.25, 0.3) is 5.91 Å². The van der Waals surface area contributed by atoms with Crippen molar-refractivity contribution in [2.24, 2.45) is 7.05 Å². The Morgan fingerprint density at radius 2 is 2.22 bits per heavy atom. The SMILES string of the molecule is CCCNC1CCN(C(=O)c2cn(C)cn2)CC1. The van der Waals surface area contributed by atoms with E-state index in [2.05, 4.69) is 17.2 Å². The van der Waals surface area contributed by atoms with Crippen molar-refractivity contribution in [2.45, 2.75) is 32.2 Å². The summed E-state index contributed by atoms with van der Waals surface area (Å²) in [5.41, 5.74) is 0.553. The van der Waals surface area contributed by atoms with Crippen LogP contribution >= 0.6 is 0 Å². The van der Waals surface area contributed by atoms with E-state index in [-0.39, 0.29) is 5.91 Å². The van der Waals surface area contributed by atoms with E-state index in [9.17, 15) is 4.79 Å². The Morgan fingerprint density at radius 3 is 2.78 bits per heavy atom. The Morgan fingerprint density at radius 1 is 1.50 bits per heavy atom. The fourth-order valence-corrected chi connectivity index (χ4v) is 2.32. The standard InChI is InChI=1S/C13H22N4O/c1-3-6-14-11-4-7-17(8-5-11)13(18)12-9-16(2)10-15-12/h9-11,14H,3-8H2,1-2H3. The highest BCUT2D eigenvalue weighted by Crippen LogP contribution is 2.13. The molecule has 0 radical (unpaired) electrons. The van der Waals surface area contributed by atoms with Crippen molar-refractivity contribution >= 4 is 5.91 Å². The van der Waals surface area contributed by atoms with Gasteiger partial charge < -0.3 is 14.8 Å². The highest BCUT2D eigenvalue weighted by atomic mass is 16.2. The van der Waals surface area contributed by atoms with Crippen LogP contribution in [0.1, 0.15) is 36.7 Å². The first-order chi connectivity index (χ1) is 8.70. The number of aromatic nitrogens is 2. The van der Waals surface area contributed by atoms with Crippen molar-refractivity contribution in [3.05, 3.63) is 18.2 Å². The molecular formula is C13H22N4O. The number of imidazole rings is 1. The molecule has 2 rings (SSSR count). The Hall–Kier alpha value is -1.36. The number of carbonyl (C=O) groups excluding carboxylic acids is 1. The van der Waals surface area contributed by atoms with Gasteiger partial charge in [0.2, 0.25) is 0 Å². The summed E-state index contributed by atoms with van der Waals surface area (Å²) in [7, 11) is 1.88. The highest BCUT2D eigenvalue weighted by molar-refractivity contribution is 5.92. The van der Waals surface area contributed by atoms with E-state index in [4.69, 9.17) is 0 Å². The van der Waals surface area contributed by atoms with Crippen molar-refractivity contribution in [2.75, 3.05) is 19.6 Å². The molecular weight excluding hydrogens is 228 g/mol. The maximum absolute atomic E-state index is 12.2. The molecule has 1 aliphatic heterocycles. The Bertz CT molecular complexity index is 393. The quantitative estimate of drug-likeness (QED) is 0.868. The molecule has 0 aliphatic carbocycles. The van der Waals surface area contributed by atoms with Gasteiger partial charge in [-0.3, -0.25) is 4.79 Å². The van der Waals surface area contributed by atoms with Gasteiger partial charge in [0, 0.05) is 32.4 Å².